The number of carbonyl (C=O) groups is 1. The van der Waals surface area contributed by atoms with E-state index in [0.29, 0.717) is 0 Å². The molecule has 1 amide bonds. The molecule has 1 aromatic carbocycles. The van der Waals surface area contributed by atoms with E-state index in [1.165, 1.54) is 16.6 Å². The Morgan fingerprint density at radius 2 is 2.14 bits per heavy atom. The molecule has 1 atom stereocenters. The molecule has 112 valence electrons. The van der Waals surface area contributed by atoms with Gasteiger partial charge in [0.05, 0.1) is 22.5 Å². The highest BCUT2D eigenvalue weighted by molar-refractivity contribution is 8.00. The molecule has 0 bridgehead atoms. The number of primary amides is 1. The molecule has 0 saturated heterocycles. The second kappa shape index (κ2) is 6.95. The Morgan fingerprint density at radius 3 is 2.76 bits per heavy atom. The zero-order valence-corrected chi connectivity index (χ0v) is 14.0. The lowest BCUT2D eigenvalue weighted by atomic mass is 10.2. The summed E-state index contributed by atoms with van der Waals surface area (Å²) in [5.41, 5.74) is 7.30. The number of hydrogen-bond acceptors (Lipinski definition) is 5. The monoisotopic (exact) mass is 321 g/mol. The van der Waals surface area contributed by atoms with E-state index in [0.717, 1.165) is 21.3 Å². The minimum atomic E-state index is -0.309. The molecule has 2 rings (SSSR count). The highest BCUT2D eigenvalue weighted by Crippen LogP contribution is 2.32. The number of carbonyl (C=O) groups excluding carboxylic acids is 1. The highest BCUT2D eigenvalue weighted by Gasteiger charge is 2.14. The first kappa shape index (κ1) is 15.9. The number of aryl methyl sites for hydroxylation is 2. The van der Waals surface area contributed by atoms with Crippen LogP contribution in [0.2, 0.25) is 0 Å². The summed E-state index contributed by atoms with van der Waals surface area (Å²) < 4.78 is 0. The van der Waals surface area contributed by atoms with Gasteiger partial charge in [0.2, 0.25) is 5.91 Å². The molecule has 1 unspecified atom stereocenters. The van der Waals surface area contributed by atoms with E-state index in [-0.39, 0.29) is 17.7 Å². The van der Waals surface area contributed by atoms with E-state index < -0.39 is 0 Å². The van der Waals surface area contributed by atoms with Gasteiger partial charge in [-0.25, -0.2) is 4.98 Å². The Balaban J connectivity index is 2.15. The second-order valence-electron chi connectivity index (χ2n) is 4.80. The zero-order valence-electron chi connectivity index (χ0n) is 12.3. The summed E-state index contributed by atoms with van der Waals surface area (Å²) in [5, 5.41) is 4.58. The van der Waals surface area contributed by atoms with Crippen molar-refractivity contribution in [2.45, 2.75) is 31.7 Å². The molecule has 0 aliphatic rings. The lowest BCUT2D eigenvalue weighted by Gasteiger charge is -2.17. The van der Waals surface area contributed by atoms with Crippen molar-refractivity contribution in [3.63, 3.8) is 0 Å². The van der Waals surface area contributed by atoms with Gasteiger partial charge in [-0.2, -0.15) is 0 Å². The molecule has 0 saturated carbocycles. The molecule has 0 radical (unpaired) electrons. The van der Waals surface area contributed by atoms with E-state index >= 15 is 0 Å². The molecule has 0 spiro atoms. The number of thiazole rings is 1. The van der Waals surface area contributed by atoms with Crippen molar-refractivity contribution in [3.05, 3.63) is 39.8 Å². The van der Waals surface area contributed by atoms with Crippen LogP contribution in [0.3, 0.4) is 0 Å². The van der Waals surface area contributed by atoms with Crippen LogP contribution in [0.5, 0.6) is 0 Å². The molecule has 6 heteroatoms. The minimum Gasteiger partial charge on any atom is -0.377 e. The summed E-state index contributed by atoms with van der Waals surface area (Å²) in [4.78, 5) is 17.7. The number of nitrogens with zero attached hydrogens (tertiary/aromatic N) is 1. The normalized spacial score (nSPS) is 12.1. The molecule has 4 nitrogen and oxygen atoms in total. The third kappa shape index (κ3) is 4.22. The quantitative estimate of drug-likeness (QED) is 0.799. The van der Waals surface area contributed by atoms with Crippen molar-refractivity contribution >= 4 is 34.7 Å². The Labute approximate surface area is 133 Å². The van der Waals surface area contributed by atoms with Crippen LogP contribution in [0.25, 0.3) is 0 Å². The molecule has 0 aliphatic heterocycles. The lowest BCUT2D eigenvalue weighted by molar-refractivity contribution is -0.115. The summed E-state index contributed by atoms with van der Waals surface area (Å²) >= 11 is 3.16. The van der Waals surface area contributed by atoms with Crippen molar-refractivity contribution in [2.24, 2.45) is 5.73 Å². The topological polar surface area (TPSA) is 68.0 Å². The van der Waals surface area contributed by atoms with Crippen LogP contribution in [0.1, 0.15) is 28.5 Å². The van der Waals surface area contributed by atoms with Crippen LogP contribution in [0, 0.1) is 13.8 Å². The third-order valence-corrected chi connectivity index (χ3v) is 5.31. The molecular formula is C15H19N3OS2. The van der Waals surface area contributed by atoms with Crippen LogP contribution in [-0.4, -0.2) is 16.6 Å². The number of nitrogens with two attached hydrogens (primary N) is 1. The van der Waals surface area contributed by atoms with Crippen molar-refractivity contribution in [1.82, 2.24) is 4.98 Å². The van der Waals surface area contributed by atoms with Gasteiger partial charge in [0.25, 0.3) is 0 Å². The van der Waals surface area contributed by atoms with Crippen molar-refractivity contribution < 1.29 is 4.79 Å². The predicted molar refractivity (Wildman–Crippen MR) is 90.0 cm³/mol. The van der Waals surface area contributed by atoms with Gasteiger partial charge in [-0.05, 0) is 32.9 Å². The maximum absolute atomic E-state index is 10.9. The van der Waals surface area contributed by atoms with Gasteiger partial charge in [-0.3, -0.25) is 4.79 Å². The van der Waals surface area contributed by atoms with Gasteiger partial charge < -0.3 is 11.1 Å². The Kier molecular flexibility index (Phi) is 5.25. The zero-order chi connectivity index (χ0) is 15.4. The summed E-state index contributed by atoms with van der Waals surface area (Å²) in [6.45, 7) is 6.17. The number of thioether (sulfide) groups is 1. The highest BCUT2D eigenvalue weighted by atomic mass is 32.2. The molecule has 1 aromatic heterocycles. The molecular weight excluding hydrogens is 302 g/mol. The van der Waals surface area contributed by atoms with Crippen molar-refractivity contribution in [2.75, 3.05) is 11.1 Å². The average Bonchev–Trinajstić information content (AvgIpc) is 2.76. The number of rotatable bonds is 6. The molecule has 2 aromatic rings. The summed E-state index contributed by atoms with van der Waals surface area (Å²) in [6, 6.07) is 8.12. The molecule has 1 heterocycles. The Bertz CT molecular complexity index is 640. The first-order valence-corrected chi connectivity index (χ1v) is 8.48. The van der Waals surface area contributed by atoms with Gasteiger partial charge in [-0.1, -0.05) is 12.1 Å². The fourth-order valence-corrected chi connectivity index (χ4v) is 3.79. The summed E-state index contributed by atoms with van der Waals surface area (Å²) in [6.07, 6.45) is 0. The Morgan fingerprint density at radius 1 is 1.43 bits per heavy atom. The molecule has 3 N–H and O–H groups in total. The number of para-hydroxylation sites is 1. The number of benzene rings is 1. The second-order valence-corrected chi connectivity index (χ2v) is 7.05. The van der Waals surface area contributed by atoms with E-state index in [4.69, 9.17) is 5.73 Å². The maximum Gasteiger partial charge on any atom is 0.227 e. The van der Waals surface area contributed by atoms with Crippen molar-refractivity contribution in [1.29, 1.82) is 0 Å². The van der Waals surface area contributed by atoms with Crippen molar-refractivity contribution in [3.8, 4) is 0 Å². The van der Waals surface area contributed by atoms with E-state index in [1.54, 1.807) is 11.3 Å². The van der Waals surface area contributed by atoms with Gasteiger partial charge in [-0.15, -0.1) is 23.1 Å². The predicted octanol–water partition coefficient (Wildman–Crippen LogP) is 3.51. The number of nitrogens with one attached hydrogen (secondary N) is 1. The first-order valence-electron chi connectivity index (χ1n) is 6.68. The largest absolute Gasteiger partial charge is 0.377 e. The smallest absolute Gasteiger partial charge is 0.227 e. The minimum absolute atomic E-state index is 0.173. The number of aromatic nitrogens is 1. The van der Waals surface area contributed by atoms with Crippen LogP contribution in [-0.2, 0) is 4.79 Å². The SMILES string of the molecule is Cc1nc(C)c(C(C)Nc2ccccc2SCC(N)=O)s1. The number of hydrogen-bond donors (Lipinski definition) is 2. The molecule has 0 aliphatic carbocycles. The fourth-order valence-electron chi connectivity index (χ4n) is 2.11. The van der Waals surface area contributed by atoms with Crippen LogP contribution in [0.15, 0.2) is 29.2 Å². The number of anilines is 1. The van der Waals surface area contributed by atoms with Crippen LogP contribution >= 0.6 is 23.1 Å². The first-order chi connectivity index (χ1) is 9.97. The van der Waals surface area contributed by atoms with Crippen LogP contribution < -0.4 is 11.1 Å². The van der Waals surface area contributed by atoms with Gasteiger partial charge >= 0.3 is 0 Å². The van der Waals surface area contributed by atoms with Crippen LogP contribution in [0.4, 0.5) is 5.69 Å². The Hall–Kier alpha value is -1.53. The maximum atomic E-state index is 10.9. The van der Waals surface area contributed by atoms with E-state index in [1.807, 2.05) is 38.1 Å². The van der Waals surface area contributed by atoms with Gasteiger partial charge in [0, 0.05) is 15.5 Å². The fraction of sp³-hybridized carbons (Fsp3) is 0.333. The van der Waals surface area contributed by atoms with E-state index in [2.05, 4.69) is 17.2 Å². The molecule has 21 heavy (non-hydrogen) atoms. The summed E-state index contributed by atoms with van der Waals surface area (Å²) in [5.74, 6) is -0.0250. The van der Waals surface area contributed by atoms with E-state index in [9.17, 15) is 4.79 Å². The third-order valence-electron chi connectivity index (χ3n) is 2.96. The average molecular weight is 321 g/mol. The standard InChI is InChI=1S/C15H19N3OS2/c1-9-15(21-11(3)17-9)10(2)18-12-6-4-5-7-13(12)20-8-14(16)19/h4-7,10,18H,8H2,1-3H3,(H2,16,19). The van der Waals surface area contributed by atoms with Gasteiger partial charge in [0.1, 0.15) is 0 Å². The lowest BCUT2D eigenvalue weighted by Crippen LogP contribution is -2.13. The number of amides is 1. The molecule has 0 fully saturated rings. The summed E-state index contributed by atoms with van der Waals surface area (Å²) in [7, 11) is 0. The van der Waals surface area contributed by atoms with Gasteiger partial charge in [0.15, 0.2) is 0 Å².